The molecular formula is C67H73N11. The number of terminal acetylenes is 1. The van der Waals surface area contributed by atoms with Crippen LogP contribution in [-0.4, -0.2) is 0 Å². The molecule has 0 aliphatic heterocycles. The first-order valence-electron chi connectivity index (χ1n) is 25.2. The van der Waals surface area contributed by atoms with E-state index >= 15 is 0 Å². The largest absolute Gasteiger partial charge is 0.192 e. The number of nitrogens with zero attached hydrogens (tertiary/aromatic N) is 11. The minimum absolute atomic E-state index is 0.443. The van der Waals surface area contributed by atoms with Crippen LogP contribution in [0.2, 0.25) is 0 Å². The van der Waals surface area contributed by atoms with Crippen LogP contribution in [0.3, 0.4) is 0 Å². The summed E-state index contributed by atoms with van der Waals surface area (Å²) in [4.78, 5) is 0. The maximum absolute atomic E-state index is 8.63. The second kappa shape index (κ2) is 52.6. The number of hydrogen-bond acceptors (Lipinski definition) is 11. The Labute approximate surface area is 468 Å². The van der Waals surface area contributed by atoms with Gasteiger partial charge in [0.2, 0.25) is 0 Å². The van der Waals surface area contributed by atoms with E-state index in [9.17, 15) is 0 Å². The standard InChI is InChI=1S/C10H7N.5C9H6N2.6C2H6/c1-3-9-5-4-6-10(7-11)8(9)2;1-7-2-8(5-10)4-9(3-7)6-11;1-7-4-8(5-10)2-3-9(7)6-11;1-7-2-3-8(5-10)4-9(7)6-11;1-7-2-3-8(5-10)9(4-7)6-11;1-7-3-2-4-8(5-10)9(7)6-11;6*1-2/h1,4-6H,2H3;5*2-4H,1H3;6*1-2H3. The fraction of sp³-hybridized carbons (Fsp3) is 0.269. The van der Waals surface area contributed by atoms with E-state index in [1.165, 1.54) is 0 Å². The van der Waals surface area contributed by atoms with E-state index in [-0.39, 0.29) is 0 Å². The molecule has 0 aliphatic rings. The fourth-order valence-corrected chi connectivity index (χ4v) is 5.25. The lowest BCUT2D eigenvalue weighted by atomic mass is 10.0. The smallest absolute Gasteiger partial charge is 0.101 e. The fourth-order valence-electron chi connectivity index (χ4n) is 5.25. The molecule has 6 rings (SSSR count). The van der Waals surface area contributed by atoms with Crippen molar-refractivity contribution in [1.82, 2.24) is 0 Å². The topological polar surface area (TPSA) is 262 Å². The third kappa shape index (κ3) is 31.7. The van der Waals surface area contributed by atoms with Crippen molar-refractivity contribution >= 4 is 0 Å². The van der Waals surface area contributed by atoms with Crippen molar-refractivity contribution in [3.63, 3.8) is 0 Å². The Hall–Kier alpha value is -10.7. The van der Waals surface area contributed by atoms with E-state index in [0.29, 0.717) is 61.2 Å². The Morgan fingerprint density at radius 1 is 0.269 bits per heavy atom. The molecule has 0 saturated heterocycles. The predicted octanol–water partition coefficient (Wildman–Crippen LogP) is 16.7. The number of aryl methyl sites for hydroxylation is 5. The second-order valence-corrected chi connectivity index (χ2v) is 13.5. The lowest BCUT2D eigenvalue weighted by Gasteiger charge is -1.98. The van der Waals surface area contributed by atoms with E-state index in [0.717, 1.165) is 38.9 Å². The van der Waals surface area contributed by atoms with Gasteiger partial charge < -0.3 is 0 Å². The lowest BCUT2D eigenvalue weighted by Crippen LogP contribution is -1.86. The molecule has 0 aromatic heterocycles. The third-order valence-corrected chi connectivity index (χ3v) is 8.83. The van der Waals surface area contributed by atoms with Crippen LogP contribution in [0.4, 0.5) is 0 Å². The highest BCUT2D eigenvalue weighted by molar-refractivity contribution is 5.51. The molecular weight excluding hydrogens is 959 g/mol. The van der Waals surface area contributed by atoms with E-state index in [1.807, 2.05) is 204 Å². The van der Waals surface area contributed by atoms with Gasteiger partial charge in [-0.15, -0.1) is 6.42 Å². The molecule has 11 nitrogen and oxygen atoms in total. The molecule has 0 heterocycles. The third-order valence-electron chi connectivity index (χ3n) is 8.83. The van der Waals surface area contributed by atoms with Gasteiger partial charge in [-0.25, -0.2) is 0 Å². The zero-order valence-electron chi connectivity index (χ0n) is 48.9. The van der Waals surface area contributed by atoms with Crippen LogP contribution in [0.1, 0.15) is 183 Å². The van der Waals surface area contributed by atoms with Gasteiger partial charge in [0.15, 0.2) is 0 Å². The Kier molecular flexibility index (Phi) is 53.1. The van der Waals surface area contributed by atoms with Crippen LogP contribution in [0.25, 0.3) is 0 Å². The van der Waals surface area contributed by atoms with Crippen LogP contribution in [0.15, 0.2) is 109 Å². The minimum Gasteiger partial charge on any atom is -0.192 e. The molecule has 0 bridgehead atoms. The molecule has 396 valence electrons. The monoisotopic (exact) mass is 1030 g/mol. The van der Waals surface area contributed by atoms with Crippen LogP contribution in [0.5, 0.6) is 0 Å². The van der Waals surface area contributed by atoms with Crippen molar-refractivity contribution < 1.29 is 0 Å². The summed E-state index contributed by atoms with van der Waals surface area (Å²) in [5, 5.41) is 94.1. The molecule has 0 aliphatic carbocycles. The summed E-state index contributed by atoms with van der Waals surface area (Å²) in [5.74, 6) is 2.52. The summed E-state index contributed by atoms with van der Waals surface area (Å²) in [5.41, 5.74) is 12.1. The average Bonchev–Trinajstić information content (AvgIpc) is 3.50. The van der Waals surface area contributed by atoms with Crippen molar-refractivity contribution in [3.8, 4) is 79.1 Å². The number of hydrogen-bond donors (Lipinski definition) is 0. The Balaban J connectivity index is -0.000000192. The average molecular weight is 1030 g/mol. The highest BCUT2D eigenvalue weighted by Gasteiger charge is 2.03. The SMILES string of the molecule is C#Cc1cccc(C#N)c1C.CC.CC.CC.CC.CC.CC.Cc1cc(C#N)cc(C#N)c1.Cc1cc(C#N)ccc1C#N.Cc1ccc(C#N)c(C#N)c1.Cc1ccc(C#N)cc1C#N.Cc1cccc(C#N)c1C#N. The second-order valence-electron chi connectivity index (χ2n) is 13.5. The highest BCUT2D eigenvalue weighted by atomic mass is 14.3. The summed E-state index contributed by atoms with van der Waals surface area (Å²) in [6, 6.07) is 52.9. The van der Waals surface area contributed by atoms with Crippen LogP contribution < -0.4 is 0 Å². The van der Waals surface area contributed by atoms with Crippen molar-refractivity contribution in [2.75, 3.05) is 0 Å². The first kappa shape index (κ1) is 78.7. The quantitative estimate of drug-likeness (QED) is 0.129. The molecule has 0 radical (unpaired) electrons. The lowest BCUT2D eigenvalue weighted by molar-refractivity contribution is 1.36. The molecule has 0 unspecified atom stereocenters. The number of rotatable bonds is 0. The summed E-state index contributed by atoms with van der Waals surface area (Å²) >= 11 is 0. The summed E-state index contributed by atoms with van der Waals surface area (Å²) < 4.78 is 0. The van der Waals surface area contributed by atoms with Gasteiger partial charge >= 0.3 is 0 Å². The van der Waals surface area contributed by atoms with Crippen molar-refractivity contribution in [2.45, 2.75) is 125 Å². The molecule has 0 amide bonds. The highest BCUT2D eigenvalue weighted by Crippen LogP contribution is 2.13. The molecule has 0 atom stereocenters. The van der Waals surface area contributed by atoms with Crippen molar-refractivity contribution in [3.05, 3.63) is 209 Å². The molecule has 0 N–H and O–H groups in total. The summed E-state index contributed by atoms with van der Waals surface area (Å²) in [6.07, 6.45) is 5.21. The summed E-state index contributed by atoms with van der Waals surface area (Å²) in [7, 11) is 0. The predicted molar refractivity (Wildman–Crippen MR) is 315 cm³/mol. The van der Waals surface area contributed by atoms with Crippen LogP contribution in [0, 0.1) is 179 Å². The van der Waals surface area contributed by atoms with Gasteiger partial charge in [0, 0.05) is 5.56 Å². The van der Waals surface area contributed by atoms with E-state index < -0.39 is 0 Å². The first-order chi connectivity index (χ1) is 37.7. The number of benzene rings is 6. The molecule has 0 saturated carbocycles. The zero-order valence-corrected chi connectivity index (χ0v) is 48.9. The maximum Gasteiger partial charge on any atom is 0.101 e. The van der Waals surface area contributed by atoms with E-state index in [1.54, 1.807) is 91.0 Å². The molecule has 0 fully saturated rings. The van der Waals surface area contributed by atoms with Gasteiger partial charge in [-0.1, -0.05) is 119 Å². The Morgan fingerprint density at radius 2 is 0.679 bits per heavy atom. The molecule has 78 heavy (non-hydrogen) atoms. The Morgan fingerprint density at radius 3 is 1.09 bits per heavy atom. The summed E-state index contributed by atoms with van der Waals surface area (Å²) in [6.45, 7) is 35.1. The van der Waals surface area contributed by atoms with Crippen molar-refractivity contribution in [1.29, 1.82) is 57.9 Å². The van der Waals surface area contributed by atoms with Gasteiger partial charge in [-0.3, -0.25) is 0 Å². The molecule has 6 aromatic carbocycles. The Bertz CT molecular complexity index is 3160. The van der Waals surface area contributed by atoms with E-state index in [4.69, 9.17) is 64.3 Å². The molecule has 11 heteroatoms. The van der Waals surface area contributed by atoms with Gasteiger partial charge in [-0.2, -0.15) is 57.9 Å². The zero-order chi connectivity index (χ0) is 61.6. The number of nitriles is 11. The van der Waals surface area contributed by atoms with Gasteiger partial charge in [0.1, 0.15) is 24.3 Å². The van der Waals surface area contributed by atoms with Crippen LogP contribution >= 0.6 is 0 Å². The van der Waals surface area contributed by atoms with Gasteiger partial charge in [0.25, 0.3) is 0 Å². The van der Waals surface area contributed by atoms with E-state index in [2.05, 4.69) is 12.0 Å². The molecule has 0 spiro atoms. The van der Waals surface area contributed by atoms with Gasteiger partial charge in [-0.05, 0) is 154 Å². The van der Waals surface area contributed by atoms with Crippen molar-refractivity contribution in [2.24, 2.45) is 0 Å². The van der Waals surface area contributed by atoms with Crippen LogP contribution in [-0.2, 0) is 0 Å². The van der Waals surface area contributed by atoms with Gasteiger partial charge in [0.05, 0.1) is 104 Å². The normalized spacial score (nSPS) is 7.46. The molecule has 6 aromatic rings. The maximum atomic E-state index is 8.63. The first-order valence-corrected chi connectivity index (χ1v) is 25.2. The minimum atomic E-state index is 0.443.